The minimum Gasteiger partial charge on any atom is -0.339 e. The zero-order valence-electron chi connectivity index (χ0n) is 7.58. The molecule has 12 heavy (non-hydrogen) atoms. The predicted molar refractivity (Wildman–Crippen MR) is 45.2 cm³/mol. The van der Waals surface area contributed by atoms with Crippen LogP contribution in [0.15, 0.2) is 0 Å². The number of amides is 1. The molecule has 3 nitrogen and oxygen atoms in total. The average molecular weight is 166 g/mol. The van der Waals surface area contributed by atoms with Gasteiger partial charge in [0.25, 0.3) is 0 Å². The number of rotatable bonds is 2. The maximum atomic E-state index is 11.4. The SMILES string of the molecule is CC1CC(C)N(CCC#N)C1=O. The summed E-state index contributed by atoms with van der Waals surface area (Å²) in [5.41, 5.74) is 0. The van der Waals surface area contributed by atoms with E-state index in [4.69, 9.17) is 5.26 Å². The second kappa shape index (κ2) is 3.57. The van der Waals surface area contributed by atoms with E-state index >= 15 is 0 Å². The van der Waals surface area contributed by atoms with Crippen molar-refractivity contribution in [2.45, 2.75) is 32.7 Å². The molecule has 2 atom stereocenters. The van der Waals surface area contributed by atoms with Crippen molar-refractivity contribution in [1.82, 2.24) is 4.90 Å². The van der Waals surface area contributed by atoms with Gasteiger partial charge in [-0.25, -0.2) is 0 Å². The van der Waals surface area contributed by atoms with Crippen LogP contribution in [0.1, 0.15) is 26.7 Å². The van der Waals surface area contributed by atoms with E-state index in [1.807, 2.05) is 18.7 Å². The summed E-state index contributed by atoms with van der Waals surface area (Å²) in [6.07, 6.45) is 1.38. The van der Waals surface area contributed by atoms with Gasteiger partial charge < -0.3 is 4.90 Å². The maximum Gasteiger partial charge on any atom is 0.225 e. The first-order valence-electron chi connectivity index (χ1n) is 4.34. The lowest BCUT2D eigenvalue weighted by Gasteiger charge is -2.19. The van der Waals surface area contributed by atoms with Crippen molar-refractivity contribution in [2.24, 2.45) is 5.92 Å². The molecule has 0 spiro atoms. The maximum absolute atomic E-state index is 11.4. The Kier molecular flexibility index (Phi) is 2.69. The molecule has 1 aliphatic rings. The van der Waals surface area contributed by atoms with Gasteiger partial charge in [0, 0.05) is 18.5 Å². The quantitative estimate of drug-likeness (QED) is 0.617. The molecule has 1 rings (SSSR count). The summed E-state index contributed by atoms with van der Waals surface area (Å²) in [4.78, 5) is 13.3. The summed E-state index contributed by atoms with van der Waals surface area (Å²) < 4.78 is 0. The zero-order chi connectivity index (χ0) is 9.14. The highest BCUT2D eigenvalue weighted by Crippen LogP contribution is 2.23. The zero-order valence-corrected chi connectivity index (χ0v) is 7.58. The molecule has 0 aromatic heterocycles. The second-order valence-corrected chi connectivity index (χ2v) is 3.43. The third kappa shape index (κ3) is 1.58. The van der Waals surface area contributed by atoms with Crippen molar-refractivity contribution in [2.75, 3.05) is 6.54 Å². The van der Waals surface area contributed by atoms with E-state index in [1.54, 1.807) is 0 Å². The second-order valence-electron chi connectivity index (χ2n) is 3.43. The lowest BCUT2D eigenvalue weighted by atomic mass is 10.1. The number of likely N-dealkylation sites (tertiary alicyclic amines) is 1. The molecule has 1 aliphatic heterocycles. The molecule has 0 aliphatic carbocycles. The third-order valence-corrected chi connectivity index (χ3v) is 2.40. The summed E-state index contributed by atoms with van der Waals surface area (Å²) in [7, 11) is 0. The highest BCUT2D eigenvalue weighted by Gasteiger charge is 2.33. The first kappa shape index (κ1) is 9.05. The molecular weight excluding hydrogens is 152 g/mol. The number of hydrogen-bond acceptors (Lipinski definition) is 2. The van der Waals surface area contributed by atoms with Crippen LogP contribution in [-0.4, -0.2) is 23.4 Å². The highest BCUT2D eigenvalue weighted by atomic mass is 16.2. The first-order chi connectivity index (χ1) is 5.66. The minimum atomic E-state index is 0.152. The number of hydrogen-bond donors (Lipinski definition) is 0. The smallest absolute Gasteiger partial charge is 0.225 e. The summed E-state index contributed by atoms with van der Waals surface area (Å²) in [6.45, 7) is 4.59. The van der Waals surface area contributed by atoms with Crippen LogP contribution >= 0.6 is 0 Å². The van der Waals surface area contributed by atoms with Gasteiger partial charge in [0.1, 0.15) is 0 Å². The molecule has 0 bridgehead atoms. The van der Waals surface area contributed by atoms with E-state index in [2.05, 4.69) is 6.07 Å². The Morgan fingerprint density at radius 1 is 1.67 bits per heavy atom. The van der Waals surface area contributed by atoms with E-state index in [0.29, 0.717) is 19.0 Å². The summed E-state index contributed by atoms with van der Waals surface area (Å²) in [5, 5.41) is 8.38. The van der Waals surface area contributed by atoms with Gasteiger partial charge in [-0.3, -0.25) is 4.79 Å². The summed E-state index contributed by atoms with van der Waals surface area (Å²) >= 11 is 0. The van der Waals surface area contributed by atoms with Crippen LogP contribution in [0.25, 0.3) is 0 Å². The van der Waals surface area contributed by atoms with Crippen LogP contribution in [-0.2, 0) is 4.79 Å². The Morgan fingerprint density at radius 2 is 2.33 bits per heavy atom. The van der Waals surface area contributed by atoms with Crippen LogP contribution in [0.5, 0.6) is 0 Å². The van der Waals surface area contributed by atoms with Gasteiger partial charge in [0.05, 0.1) is 12.5 Å². The van der Waals surface area contributed by atoms with Gasteiger partial charge in [-0.2, -0.15) is 5.26 Å². The van der Waals surface area contributed by atoms with E-state index in [9.17, 15) is 4.79 Å². The Labute approximate surface area is 73.0 Å². The molecule has 0 aromatic rings. The average Bonchev–Trinajstić information content (AvgIpc) is 2.25. The molecular formula is C9H14N2O. The largest absolute Gasteiger partial charge is 0.339 e. The molecule has 2 unspecified atom stereocenters. The van der Waals surface area contributed by atoms with E-state index in [1.165, 1.54) is 0 Å². The first-order valence-corrected chi connectivity index (χ1v) is 4.34. The molecule has 1 saturated heterocycles. The lowest BCUT2D eigenvalue weighted by Crippen LogP contribution is -2.32. The van der Waals surface area contributed by atoms with Crippen LogP contribution in [0.4, 0.5) is 0 Å². The van der Waals surface area contributed by atoms with Gasteiger partial charge in [-0.15, -0.1) is 0 Å². The normalized spacial score (nSPS) is 29.1. The summed E-state index contributed by atoms with van der Waals surface area (Å²) in [5.74, 6) is 0.358. The number of carbonyl (C=O) groups excluding carboxylic acids is 1. The fourth-order valence-electron chi connectivity index (χ4n) is 1.74. The van der Waals surface area contributed by atoms with Crippen LogP contribution in [0.2, 0.25) is 0 Å². The number of carbonyl (C=O) groups is 1. The van der Waals surface area contributed by atoms with Gasteiger partial charge in [-0.1, -0.05) is 6.92 Å². The Bertz CT molecular complexity index is 219. The van der Waals surface area contributed by atoms with E-state index in [0.717, 1.165) is 6.42 Å². The molecule has 0 saturated carbocycles. The lowest BCUT2D eigenvalue weighted by molar-refractivity contribution is -0.131. The fourth-order valence-corrected chi connectivity index (χ4v) is 1.74. The van der Waals surface area contributed by atoms with E-state index < -0.39 is 0 Å². The molecule has 1 fully saturated rings. The van der Waals surface area contributed by atoms with Crippen LogP contribution < -0.4 is 0 Å². The molecule has 0 aromatic carbocycles. The van der Waals surface area contributed by atoms with Gasteiger partial charge >= 0.3 is 0 Å². The molecule has 3 heteroatoms. The van der Waals surface area contributed by atoms with Gasteiger partial charge in [-0.05, 0) is 13.3 Å². The van der Waals surface area contributed by atoms with Crippen molar-refractivity contribution in [3.8, 4) is 6.07 Å². The number of nitriles is 1. The van der Waals surface area contributed by atoms with Crippen molar-refractivity contribution >= 4 is 5.91 Å². The van der Waals surface area contributed by atoms with Crippen molar-refractivity contribution in [3.05, 3.63) is 0 Å². The van der Waals surface area contributed by atoms with Gasteiger partial charge in [0.15, 0.2) is 0 Å². The Balaban J connectivity index is 2.53. The molecule has 0 N–H and O–H groups in total. The topological polar surface area (TPSA) is 44.1 Å². The molecule has 1 heterocycles. The fraction of sp³-hybridized carbons (Fsp3) is 0.778. The third-order valence-electron chi connectivity index (χ3n) is 2.40. The molecule has 0 radical (unpaired) electrons. The van der Waals surface area contributed by atoms with Crippen molar-refractivity contribution in [1.29, 1.82) is 5.26 Å². The van der Waals surface area contributed by atoms with Crippen LogP contribution in [0, 0.1) is 17.2 Å². The van der Waals surface area contributed by atoms with Gasteiger partial charge in [0.2, 0.25) is 5.91 Å². The Hall–Kier alpha value is -1.04. The van der Waals surface area contributed by atoms with E-state index in [-0.39, 0.29) is 11.8 Å². The monoisotopic (exact) mass is 166 g/mol. The number of nitrogens with zero attached hydrogens (tertiary/aromatic N) is 2. The minimum absolute atomic E-state index is 0.152. The molecule has 1 amide bonds. The standard InChI is InChI=1S/C9H14N2O/c1-7-6-8(2)11(9(7)12)5-3-4-10/h7-8H,3,5-6H2,1-2H3. The van der Waals surface area contributed by atoms with Crippen molar-refractivity contribution < 1.29 is 4.79 Å². The summed E-state index contributed by atoms with van der Waals surface area (Å²) in [6, 6.07) is 2.38. The molecule has 66 valence electrons. The highest BCUT2D eigenvalue weighted by molar-refractivity contribution is 5.81. The predicted octanol–water partition coefficient (Wildman–Crippen LogP) is 1.16. The van der Waals surface area contributed by atoms with Crippen LogP contribution in [0.3, 0.4) is 0 Å². The Morgan fingerprint density at radius 3 is 2.75 bits per heavy atom. The van der Waals surface area contributed by atoms with Crippen molar-refractivity contribution in [3.63, 3.8) is 0 Å².